The van der Waals surface area contributed by atoms with E-state index in [-0.39, 0.29) is 5.78 Å². The van der Waals surface area contributed by atoms with Crippen molar-refractivity contribution in [3.05, 3.63) is 77.4 Å². The SMILES string of the molecule is CN1CCN(c2cccc(C(=O)/C=C/c3cccc(/C=C/C(=O)O)c3)c2)CC1.O=C(O)C(F)(F)F. The first-order valence-electron chi connectivity index (χ1n) is 10.5. The highest BCUT2D eigenvalue weighted by molar-refractivity contribution is 6.07. The van der Waals surface area contributed by atoms with Crippen LogP contribution in [-0.4, -0.2) is 72.2 Å². The Morgan fingerprint density at radius 1 is 0.857 bits per heavy atom. The van der Waals surface area contributed by atoms with Crippen molar-refractivity contribution in [2.45, 2.75) is 6.18 Å². The van der Waals surface area contributed by atoms with Crippen molar-refractivity contribution in [3.63, 3.8) is 0 Å². The molecule has 186 valence electrons. The Labute approximate surface area is 200 Å². The van der Waals surface area contributed by atoms with Crippen LogP contribution in [-0.2, 0) is 9.59 Å². The molecular formula is C25H25F3N2O5. The second-order valence-corrected chi connectivity index (χ2v) is 7.68. The number of nitrogens with zero attached hydrogens (tertiary/aromatic N) is 2. The molecule has 1 fully saturated rings. The largest absolute Gasteiger partial charge is 0.490 e. The van der Waals surface area contributed by atoms with Gasteiger partial charge in [-0.1, -0.05) is 36.4 Å². The number of hydrogen-bond acceptors (Lipinski definition) is 5. The topological polar surface area (TPSA) is 98.2 Å². The quantitative estimate of drug-likeness (QED) is 0.465. The number of aliphatic carboxylic acids is 2. The molecule has 1 aliphatic heterocycles. The molecule has 1 saturated heterocycles. The van der Waals surface area contributed by atoms with Crippen LogP contribution in [0, 0.1) is 0 Å². The first kappa shape index (κ1) is 27.3. The summed E-state index contributed by atoms with van der Waals surface area (Å²) in [7, 11) is 2.12. The number of carboxylic acid groups (broad SMARTS) is 2. The van der Waals surface area contributed by atoms with Gasteiger partial charge in [-0.3, -0.25) is 4.79 Å². The third-order valence-corrected chi connectivity index (χ3v) is 5.00. The number of benzene rings is 2. The molecule has 0 radical (unpaired) electrons. The number of anilines is 1. The lowest BCUT2D eigenvalue weighted by Gasteiger charge is -2.34. The predicted molar refractivity (Wildman–Crippen MR) is 126 cm³/mol. The Bertz CT molecular complexity index is 1100. The number of alkyl halides is 3. The molecule has 10 heteroatoms. The zero-order valence-corrected chi connectivity index (χ0v) is 18.9. The molecule has 7 nitrogen and oxygen atoms in total. The molecule has 1 heterocycles. The molecule has 0 atom stereocenters. The highest BCUT2D eigenvalue weighted by atomic mass is 19.4. The third kappa shape index (κ3) is 9.46. The number of hydrogen-bond donors (Lipinski definition) is 2. The lowest BCUT2D eigenvalue weighted by Crippen LogP contribution is -2.44. The monoisotopic (exact) mass is 490 g/mol. The van der Waals surface area contributed by atoms with Crippen molar-refractivity contribution in [3.8, 4) is 0 Å². The second-order valence-electron chi connectivity index (χ2n) is 7.68. The van der Waals surface area contributed by atoms with Crippen LogP contribution in [0.5, 0.6) is 0 Å². The van der Waals surface area contributed by atoms with Gasteiger partial charge in [-0.15, -0.1) is 0 Å². The summed E-state index contributed by atoms with van der Waals surface area (Å²) in [6, 6.07) is 15.1. The summed E-state index contributed by atoms with van der Waals surface area (Å²) in [6.07, 6.45) is 0.852. The molecule has 2 aromatic carbocycles. The minimum Gasteiger partial charge on any atom is -0.478 e. The number of carbonyl (C=O) groups excluding carboxylic acids is 1. The Kier molecular flexibility index (Phi) is 9.77. The first-order valence-corrected chi connectivity index (χ1v) is 10.5. The number of ketones is 1. The summed E-state index contributed by atoms with van der Waals surface area (Å²) in [6.45, 7) is 3.96. The molecule has 35 heavy (non-hydrogen) atoms. The van der Waals surface area contributed by atoms with Gasteiger partial charge in [0.1, 0.15) is 0 Å². The number of carbonyl (C=O) groups is 3. The van der Waals surface area contributed by atoms with E-state index in [2.05, 4.69) is 16.8 Å². The molecule has 0 amide bonds. The van der Waals surface area contributed by atoms with Crippen molar-refractivity contribution >= 4 is 35.6 Å². The summed E-state index contributed by atoms with van der Waals surface area (Å²) < 4.78 is 31.7. The van der Waals surface area contributed by atoms with Crippen LogP contribution in [0.15, 0.2) is 60.7 Å². The molecule has 2 N–H and O–H groups in total. The maximum atomic E-state index is 12.6. The van der Waals surface area contributed by atoms with Crippen molar-refractivity contribution in [1.29, 1.82) is 0 Å². The summed E-state index contributed by atoms with van der Waals surface area (Å²) in [5, 5.41) is 15.8. The van der Waals surface area contributed by atoms with Crippen molar-refractivity contribution in [2.75, 3.05) is 38.1 Å². The number of piperazine rings is 1. The van der Waals surface area contributed by atoms with Crippen LogP contribution < -0.4 is 4.90 Å². The average Bonchev–Trinajstić information content (AvgIpc) is 2.82. The van der Waals surface area contributed by atoms with Gasteiger partial charge in [0.05, 0.1) is 0 Å². The minimum absolute atomic E-state index is 0.0533. The lowest BCUT2D eigenvalue weighted by atomic mass is 10.1. The van der Waals surface area contributed by atoms with Gasteiger partial charge in [0.25, 0.3) is 0 Å². The highest BCUT2D eigenvalue weighted by Crippen LogP contribution is 2.19. The van der Waals surface area contributed by atoms with Gasteiger partial charge in [-0.2, -0.15) is 13.2 Å². The molecule has 3 rings (SSSR count). The maximum Gasteiger partial charge on any atom is 0.490 e. The van der Waals surface area contributed by atoms with Gasteiger partial charge in [-0.25, -0.2) is 9.59 Å². The van der Waals surface area contributed by atoms with Crippen LogP contribution in [0.2, 0.25) is 0 Å². The standard InChI is InChI=1S/C23H24N2O3.C2HF3O2/c1-24-12-14-25(15-13-24)21-7-3-6-20(17-21)22(26)10-8-18-4-2-5-19(16-18)9-11-23(27)28;3-2(4,5)1(6)7/h2-11,16-17H,12-15H2,1H3,(H,27,28);(H,6,7)/b10-8+,11-9+;. The molecule has 2 aromatic rings. The van der Waals surface area contributed by atoms with Crippen LogP contribution in [0.3, 0.4) is 0 Å². The fraction of sp³-hybridized carbons (Fsp3) is 0.240. The maximum absolute atomic E-state index is 12.6. The minimum atomic E-state index is -5.08. The lowest BCUT2D eigenvalue weighted by molar-refractivity contribution is -0.192. The van der Waals surface area contributed by atoms with Crippen molar-refractivity contribution in [1.82, 2.24) is 4.90 Å². The Morgan fingerprint density at radius 2 is 1.40 bits per heavy atom. The smallest absolute Gasteiger partial charge is 0.478 e. The van der Waals surface area contributed by atoms with Crippen molar-refractivity contribution < 1.29 is 37.8 Å². The van der Waals surface area contributed by atoms with Gasteiger partial charge in [0.15, 0.2) is 5.78 Å². The van der Waals surface area contributed by atoms with E-state index in [1.165, 1.54) is 6.08 Å². The van der Waals surface area contributed by atoms with E-state index < -0.39 is 18.1 Å². The van der Waals surface area contributed by atoms with Gasteiger partial charge in [-0.05, 0) is 48.5 Å². The number of likely N-dealkylation sites (N-methyl/N-ethyl adjacent to an activating group) is 1. The van der Waals surface area contributed by atoms with E-state index in [9.17, 15) is 22.8 Å². The Morgan fingerprint density at radius 3 is 1.94 bits per heavy atom. The molecule has 0 saturated carbocycles. The summed E-state index contributed by atoms with van der Waals surface area (Å²) >= 11 is 0. The molecule has 1 aliphatic rings. The number of carboxylic acids is 2. The van der Waals surface area contributed by atoms with Gasteiger partial charge in [0, 0.05) is 43.5 Å². The molecular weight excluding hydrogens is 465 g/mol. The summed E-state index contributed by atoms with van der Waals surface area (Å²) in [5.74, 6) is -3.80. The third-order valence-electron chi connectivity index (χ3n) is 5.00. The molecule has 0 aromatic heterocycles. The van der Waals surface area contributed by atoms with E-state index in [1.807, 2.05) is 48.5 Å². The fourth-order valence-electron chi connectivity index (χ4n) is 3.12. The average molecular weight is 490 g/mol. The zero-order chi connectivity index (χ0) is 26.0. The molecule has 0 unspecified atom stereocenters. The van der Waals surface area contributed by atoms with Gasteiger partial charge >= 0.3 is 18.1 Å². The van der Waals surface area contributed by atoms with Crippen LogP contribution >= 0.6 is 0 Å². The highest BCUT2D eigenvalue weighted by Gasteiger charge is 2.38. The van der Waals surface area contributed by atoms with E-state index in [1.54, 1.807) is 12.2 Å². The summed E-state index contributed by atoms with van der Waals surface area (Å²) in [4.78, 5) is 36.7. The van der Waals surface area contributed by atoms with Gasteiger partial charge < -0.3 is 20.0 Å². The molecule has 0 bridgehead atoms. The predicted octanol–water partition coefficient (Wildman–Crippen LogP) is 4.07. The van der Waals surface area contributed by atoms with E-state index in [0.717, 1.165) is 49.1 Å². The summed E-state index contributed by atoms with van der Waals surface area (Å²) in [5.41, 5.74) is 3.35. The number of rotatable bonds is 6. The zero-order valence-electron chi connectivity index (χ0n) is 18.9. The molecule has 0 aliphatic carbocycles. The second kappa shape index (κ2) is 12.5. The van der Waals surface area contributed by atoms with Gasteiger partial charge in [0.2, 0.25) is 0 Å². The van der Waals surface area contributed by atoms with Crippen LogP contribution in [0.25, 0.3) is 12.2 Å². The van der Waals surface area contributed by atoms with E-state index >= 15 is 0 Å². The normalized spacial score (nSPS) is 14.6. The van der Waals surface area contributed by atoms with Crippen LogP contribution in [0.1, 0.15) is 21.5 Å². The molecule has 0 spiro atoms. The van der Waals surface area contributed by atoms with Crippen molar-refractivity contribution in [2.24, 2.45) is 0 Å². The van der Waals surface area contributed by atoms with E-state index in [4.69, 9.17) is 15.0 Å². The first-order chi connectivity index (χ1) is 16.5. The number of halogens is 3. The fourth-order valence-corrected chi connectivity index (χ4v) is 3.12. The van der Waals surface area contributed by atoms with Crippen LogP contribution in [0.4, 0.5) is 18.9 Å². The Hall–Kier alpha value is -3.92. The Balaban J connectivity index is 0.000000540. The van der Waals surface area contributed by atoms with E-state index in [0.29, 0.717) is 5.56 Å². The number of allylic oxidation sites excluding steroid dienone is 1.